The van der Waals surface area contributed by atoms with Crippen molar-refractivity contribution in [1.29, 1.82) is 0 Å². The van der Waals surface area contributed by atoms with Crippen LogP contribution in [0.15, 0.2) is 4.34 Å². The van der Waals surface area contributed by atoms with Crippen LogP contribution >= 0.6 is 11.3 Å². The number of hydrogen-bond acceptors (Lipinski definition) is 6. The van der Waals surface area contributed by atoms with Gasteiger partial charge in [-0.3, -0.25) is 4.79 Å². The van der Waals surface area contributed by atoms with E-state index in [4.69, 9.17) is 0 Å². The topological polar surface area (TPSA) is 101 Å². The molecule has 1 aromatic heterocycles. The molecule has 0 aromatic carbocycles. The van der Waals surface area contributed by atoms with Crippen LogP contribution in [0.1, 0.15) is 41.0 Å². The van der Waals surface area contributed by atoms with Gasteiger partial charge in [0.05, 0.1) is 0 Å². The van der Waals surface area contributed by atoms with E-state index >= 15 is 0 Å². The van der Waals surface area contributed by atoms with Crippen molar-refractivity contribution in [3.05, 3.63) is 0 Å². The molecule has 0 unspecified atom stereocenters. The Bertz CT molecular complexity index is 578. The summed E-state index contributed by atoms with van der Waals surface area (Å²) in [4.78, 5) is 11.5. The van der Waals surface area contributed by atoms with E-state index in [-0.39, 0.29) is 21.3 Å². The van der Waals surface area contributed by atoms with E-state index in [1.165, 1.54) is 0 Å². The summed E-state index contributed by atoms with van der Waals surface area (Å²) in [5.74, 6) is -0.442. The molecule has 0 aliphatic carbocycles. The normalized spacial score (nSPS) is 12.7. The monoisotopic (exact) mass is 320 g/mol. The molecule has 1 aromatic rings. The quantitative estimate of drug-likeness (QED) is 0.775. The minimum Gasteiger partial charge on any atom is -0.300 e. The van der Waals surface area contributed by atoms with Crippen LogP contribution in [0.3, 0.4) is 0 Å². The number of carbonyl (C=O) groups is 1. The van der Waals surface area contributed by atoms with E-state index in [0.717, 1.165) is 11.3 Å². The van der Waals surface area contributed by atoms with Crippen molar-refractivity contribution in [3.63, 3.8) is 0 Å². The molecule has 0 radical (unpaired) electrons. The van der Waals surface area contributed by atoms with Crippen LogP contribution in [-0.2, 0) is 14.8 Å². The van der Waals surface area contributed by atoms with Crippen molar-refractivity contribution in [2.24, 2.45) is 5.92 Å². The number of anilines is 1. The van der Waals surface area contributed by atoms with Gasteiger partial charge >= 0.3 is 0 Å². The molecule has 0 atom stereocenters. The highest BCUT2D eigenvalue weighted by Gasteiger charge is 2.28. The lowest BCUT2D eigenvalue weighted by Gasteiger charge is -2.22. The van der Waals surface area contributed by atoms with Crippen molar-refractivity contribution in [2.75, 3.05) is 5.32 Å². The van der Waals surface area contributed by atoms with E-state index in [1.807, 2.05) is 6.92 Å². The molecule has 1 rings (SSSR count). The lowest BCUT2D eigenvalue weighted by Crippen LogP contribution is -2.42. The molecule has 7 nitrogen and oxygen atoms in total. The first kappa shape index (κ1) is 17.0. The van der Waals surface area contributed by atoms with Gasteiger partial charge in [0.25, 0.3) is 10.0 Å². The van der Waals surface area contributed by atoms with Gasteiger partial charge in [-0.15, -0.1) is 10.2 Å². The molecule has 0 spiro atoms. The Labute approximate surface area is 123 Å². The zero-order chi connectivity index (χ0) is 15.6. The van der Waals surface area contributed by atoms with Gasteiger partial charge in [0.2, 0.25) is 15.4 Å². The van der Waals surface area contributed by atoms with Crippen LogP contribution in [-0.4, -0.2) is 30.1 Å². The SMILES string of the molecule is CCC(C)(C)NS(=O)(=O)c1nnc(NC(=O)C(C)C)s1. The number of carbonyl (C=O) groups excluding carboxylic acids is 1. The predicted octanol–water partition coefficient (Wildman–Crippen LogP) is 1.60. The van der Waals surface area contributed by atoms with Gasteiger partial charge in [-0.2, -0.15) is 0 Å². The first-order valence-corrected chi connectivity index (χ1v) is 8.55. The van der Waals surface area contributed by atoms with Crippen LogP contribution in [0.25, 0.3) is 0 Å². The number of nitrogens with zero attached hydrogens (tertiary/aromatic N) is 2. The van der Waals surface area contributed by atoms with Gasteiger partial charge in [-0.1, -0.05) is 32.1 Å². The van der Waals surface area contributed by atoms with Crippen molar-refractivity contribution in [1.82, 2.24) is 14.9 Å². The Morgan fingerprint density at radius 1 is 1.35 bits per heavy atom. The van der Waals surface area contributed by atoms with Crippen molar-refractivity contribution in [2.45, 2.75) is 50.9 Å². The second-order valence-corrected chi connectivity index (χ2v) is 8.19. The third-order valence-electron chi connectivity index (χ3n) is 2.69. The summed E-state index contributed by atoms with van der Waals surface area (Å²) in [5, 5.41) is 10.0. The maximum atomic E-state index is 12.1. The lowest BCUT2D eigenvalue weighted by molar-refractivity contribution is -0.118. The van der Waals surface area contributed by atoms with Crippen molar-refractivity contribution >= 4 is 32.4 Å². The number of sulfonamides is 1. The van der Waals surface area contributed by atoms with Crippen LogP contribution in [0.5, 0.6) is 0 Å². The summed E-state index contributed by atoms with van der Waals surface area (Å²) in [7, 11) is -3.72. The van der Waals surface area contributed by atoms with E-state index in [2.05, 4.69) is 20.2 Å². The highest BCUT2D eigenvalue weighted by Crippen LogP contribution is 2.22. The average molecular weight is 320 g/mol. The Morgan fingerprint density at radius 2 is 1.95 bits per heavy atom. The smallest absolute Gasteiger partial charge is 0.270 e. The van der Waals surface area contributed by atoms with Crippen molar-refractivity contribution in [3.8, 4) is 0 Å². The van der Waals surface area contributed by atoms with Crippen LogP contribution < -0.4 is 10.0 Å². The van der Waals surface area contributed by atoms with E-state index < -0.39 is 15.6 Å². The maximum absolute atomic E-state index is 12.1. The Morgan fingerprint density at radius 3 is 2.45 bits per heavy atom. The highest BCUT2D eigenvalue weighted by molar-refractivity contribution is 7.91. The third-order valence-corrected chi connectivity index (χ3v) is 5.59. The standard InChI is InChI=1S/C11H20N4O3S2/c1-6-11(4,5)15-20(17,18)10-14-13-9(19-10)12-8(16)7(2)3/h7,15H,6H2,1-5H3,(H,12,13,16). The summed E-state index contributed by atoms with van der Waals surface area (Å²) in [6.07, 6.45) is 0.641. The largest absolute Gasteiger partial charge is 0.300 e. The molecule has 0 saturated heterocycles. The first-order chi connectivity index (χ1) is 9.07. The summed E-state index contributed by atoms with van der Waals surface area (Å²) < 4.78 is 26.6. The van der Waals surface area contributed by atoms with E-state index in [9.17, 15) is 13.2 Å². The molecule has 0 saturated carbocycles. The first-order valence-electron chi connectivity index (χ1n) is 6.26. The second-order valence-electron chi connectivity index (χ2n) is 5.36. The molecule has 20 heavy (non-hydrogen) atoms. The molecule has 1 heterocycles. The zero-order valence-corrected chi connectivity index (χ0v) is 13.9. The summed E-state index contributed by atoms with van der Waals surface area (Å²) in [6.45, 7) is 8.93. The highest BCUT2D eigenvalue weighted by atomic mass is 32.2. The van der Waals surface area contributed by atoms with Crippen LogP contribution in [0.2, 0.25) is 0 Å². The van der Waals surface area contributed by atoms with E-state index in [1.54, 1.807) is 27.7 Å². The molecule has 1 amide bonds. The molecule has 2 N–H and O–H groups in total. The van der Waals surface area contributed by atoms with Crippen LogP contribution in [0.4, 0.5) is 5.13 Å². The fraction of sp³-hybridized carbons (Fsp3) is 0.727. The molecule has 0 aliphatic heterocycles. The van der Waals surface area contributed by atoms with Crippen molar-refractivity contribution < 1.29 is 13.2 Å². The molecule has 0 bridgehead atoms. The molecule has 9 heteroatoms. The van der Waals surface area contributed by atoms with Crippen LogP contribution in [0, 0.1) is 5.92 Å². The molecule has 0 fully saturated rings. The van der Waals surface area contributed by atoms with Gasteiger partial charge in [0.1, 0.15) is 0 Å². The molecular weight excluding hydrogens is 300 g/mol. The summed E-state index contributed by atoms with van der Waals surface area (Å²) >= 11 is 0.832. The summed E-state index contributed by atoms with van der Waals surface area (Å²) in [5.41, 5.74) is -0.564. The fourth-order valence-corrected chi connectivity index (χ4v) is 3.49. The number of hydrogen-bond donors (Lipinski definition) is 2. The van der Waals surface area contributed by atoms with E-state index in [0.29, 0.717) is 6.42 Å². The lowest BCUT2D eigenvalue weighted by atomic mass is 10.0. The van der Waals surface area contributed by atoms with Gasteiger partial charge in [0, 0.05) is 11.5 Å². The maximum Gasteiger partial charge on any atom is 0.270 e. The number of nitrogens with one attached hydrogen (secondary N) is 2. The van der Waals surface area contributed by atoms with Gasteiger partial charge in [0.15, 0.2) is 0 Å². The Hall–Kier alpha value is -1.06. The third kappa shape index (κ3) is 4.50. The minimum atomic E-state index is -3.72. The zero-order valence-electron chi connectivity index (χ0n) is 12.2. The molecule has 114 valence electrons. The average Bonchev–Trinajstić information content (AvgIpc) is 2.77. The van der Waals surface area contributed by atoms with Gasteiger partial charge < -0.3 is 5.32 Å². The molecule has 0 aliphatic rings. The number of rotatable bonds is 6. The van der Waals surface area contributed by atoms with Gasteiger partial charge in [-0.25, -0.2) is 13.1 Å². The summed E-state index contributed by atoms with van der Waals surface area (Å²) in [6, 6.07) is 0. The fourth-order valence-electron chi connectivity index (χ4n) is 1.10. The Kier molecular flexibility index (Phi) is 5.22. The number of aromatic nitrogens is 2. The van der Waals surface area contributed by atoms with Gasteiger partial charge in [-0.05, 0) is 20.3 Å². The Balaban J connectivity index is 2.89. The second kappa shape index (κ2) is 6.15. The molecular formula is C11H20N4O3S2. The minimum absolute atomic E-state index is 0.155. The predicted molar refractivity (Wildman–Crippen MR) is 78.1 cm³/mol. The number of amides is 1.